The largest absolute Gasteiger partial charge is 0.278 e. The molecule has 18 heavy (non-hydrogen) atoms. The van der Waals surface area contributed by atoms with Crippen LogP contribution in [0.3, 0.4) is 0 Å². The van der Waals surface area contributed by atoms with E-state index in [0.717, 1.165) is 5.56 Å². The molecule has 0 atom stereocenters. The number of nitrogens with one attached hydrogen (secondary N) is 1. The highest BCUT2D eigenvalue weighted by Crippen LogP contribution is 2.14. The Morgan fingerprint density at radius 2 is 1.72 bits per heavy atom. The Balaban J connectivity index is 2.50. The average molecular weight is 270 g/mol. The lowest BCUT2D eigenvalue weighted by Crippen LogP contribution is -2.36. The number of rotatable bonds is 6. The smallest absolute Gasteiger partial charge is 0.202 e. The van der Waals surface area contributed by atoms with E-state index in [1.54, 1.807) is 0 Å². The highest BCUT2D eigenvalue weighted by molar-refractivity contribution is 7.87. The van der Waals surface area contributed by atoms with Crippen molar-refractivity contribution >= 4 is 10.2 Å². The Labute approximate surface area is 110 Å². The summed E-state index contributed by atoms with van der Waals surface area (Å²) in [6, 6.07) is 8.31. The molecule has 0 radical (unpaired) electrons. The van der Waals surface area contributed by atoms with Gasteiger partial charge in [0.2, 0.25) is 0 Å². The maximum atomic E-state index is 11.5. The van der Waals surface area contributed by atoms with Crippen molar-refractivity contribution in [2.75, 3.05) is 20.6 Å². The molecule has 0 fully saturated rings. The van der Waals surface area contributed by atoms with E-state index in [9.17, 15) is 8.42 Å². The zero-order valence-corrected chi connectivity index (χ0v) is 12.3. The number of hydrogen-bond acceptors (Lipinski definition) is 2. The molecule has 0 saturated heterocycles. The van der Waals surface area contributed by atoms with Crippen LogP contribution in [-0.4, -0.2) is 33.4 Å². The lowest BCUT2D eigenvalue weighted by atomic mass is 10.0. The van der Waals surface area contributed by atoms with Gasteiger partial charge in [-0.15, -0.1) is 0 Å². The molecular weight excluding hydrogens is 248 g/mol. The molecule has 0 heterocycles. The molecule has 1 N–H and O–H groups in total. The monoisotopic (exact) mass is 270 g/mol. The van der Waals surface area contributed by atoms with Crippen LogP contribution in [0.5, 0.6) is 0 Å². The molecule has 0 bridgehead atoms. The summed E-state index contributed by atoms with van der Waals surface area (Å²) in [5.74, 6) is 0.520. The fourth-order valence-corrected chi connectivity index (χ4v) is 2.14. The predicted octanol–water partition coefficient (Wildman–Crippen LogP) is 1.75. The van der Waals surface area contributed by atoms with Crippen molar-refractivity contribution in [3.05, 3.63) is 35.4 Å². The Hall–Kier alpha value is -0.910. The van der Waals surface area contributed by atoms with Crippen LogP contribution in [-0.2, 0) is 16.6 Å². The summed E-state index contributed by atoms with van der Waals surface area (Å²) in [6.45, 7) is 4.72. The molecule has 0 saturated carbocycles. The number of hydrogen-bond donors (Lipinski definition) is 1. The second-order valence-electron chi connectivity index (χ2n) is 4.83. The Morgan fingerprint density at radius 3 is 2.17 bits per heavy atom. The Kier molecular flexibility index (Phi) is 5.31. The molecule has 0 aromatic heterocycles. The van der Waals surface area contributed by atoms with Gasteiger partial charge in [0.25, 0.3) is 10.2 Å². The zero-order valence-electron chi connectivity index (χ0n) is 11.5. The van der Waals surface area contributed by atoms with E-state index in [0.29, 0.717) is 18.9 Å². The van der Waals surface area contributed by atoms with E-state index in [4.69, 9.17) is 0 Å². The van der Waals surface area contributed by atoms with Crippen LogP contribution in [0.1, 0.15) is 30.9 Å². The van der Waals surface area contributed by atoms with Crippen molar-refractivity contribution in [3.63, 3.8) is 0 Å². The Bertz CT molecular complexity index is 464. The maximum Gasteiger partial charge on any atom is 0.278 e. The first-order valence-electron chi connectivity index (χ1n) is 6.09. The minimum absolute atomic E-state index is 0.418. The van der Waals surface area contributed by atoms with E-state index >= 15 is 0 Å². The van der Waals surface area contributed by atoms with Crippen LogP contribution in [0, 0.1) is 0 Å². The van der Waals surface area contributed by atoms with E-state index in [2.05, 4.69) is 42.8 Å². The van der Waals surface area contributed by atoms with Gasteiger partial charge >= 0.3 is 0 Å². The molecular formula is C13H22N2O2S. The van der Waals surface area contributed by atoms with Crippen LogP contribution < -0.4 is 4.72 Å². The van der Waals surface area contributed by atoms with Crippen LogP contribution in [0.15, 0.2) is 24.3 Å². The van der Waals surface area contributed by atoms with Crippen molar-refractivity contribution < 1.29 is 8.42 Å². The van der Waals surface area contributed by atoms with Gasteiger partial charge < -0.3 is 0 Å². The van der Waals surface area contributed by atoms with Crippen molar-refractivity contribution in [3.8, 4) is 0 Å². The van der Waals surface area contributed by atoms with E-state index in [1.165, 1.54) is 24.0 Å². The number of nitrogens with zero attached hydrogens (tertiary/aromatic N) is 1. The first-order valence-corrected chi connectivity index (χ1v) is 7.53. The van der Waals surface area contributed by atoms with Gasteiger partial charge in [-0.3, -0.25) is 0 Å². The average Bonchev–Trinajstić information content (AvgIpc) is 2.29. The van der Waals surface area contributed by atoms with Crippen LogP contribution in [0.25, 0.3) is 0 Å². The molecule has 0 unspecified atom stereocenters. The quantitative estimate of drug-likeness (QED) is 0.856. The maximum absolute atomic E-state index is 11.5. The second-order valence-corrected chi connectivity index (χ2v) is 6.80. The summed E-state index contributed by atoms with van der Waals surface area (Å²) in [5.41, 5.74) is 2.44. The van der Waals surface area contributed by atoms with Gasteiger partial charge in [-0.1, -0.05) is 38.1 Å². The third kappa shape index (κ3) is 4.40. The molecule has 1 aromatic rings. The third-order valence-corrected chi connectivity index (χ3v) is 4.36. The SMILES string of the molecule is CC(C)c1ccc(CCNS(=O)(=O)N(C)C)cc1. The molecule has 5 heteroatoms. The minimum Gasteiger partial charge on any atom is -0.202 e. The first kappa shape index (κ1) is 15.1. The van der Waals surface area contributed by atoms with Gasteiger partial charge in [0.15, 0.2) is 0 Å². The van der Waals surface area contributed by atoms with Gasteiger partial charge in [-0.05, 0) is 23.5 Å². The van der Waals surface area contributed by atoms with Gasteiger partial charge in [-0.25, -0.2) is 4.72 Å². The van der Waals surface area contributed by atoms with Crippen LogP contribution >= 0.6 is 0 Å². The summed E-state index contributed by atoms with van der Waals surface area (Å²) < 4.78 is 26.7. The molecule has 0 aliphatic rings. The van der Waals surface area contributed by atoms with Crippen molar-refractivity contribution in [2.45, 2.75) is 26.2 Å². The summed E-state index contributed by atoms with van der Waals surface area (Å²) >= 11 is 0. The van der Waals surface area contributed by atoms with Gasteiger partial charge in [0.1, 0.15) is 0 Å². The fourth-order valence-electron chi connectivity index (χ4n) is 1.52. The molecule has 0 aliphatic carbocycles. The lowest BCUT2D eigenvalue weighted by molar-refractivity contribution is 0.506. The highest BCUT2D eigenvalue weighted by atomic mass is 32.2. The van der Waals surface area contributed by atoms with Gasteiger partial charge in [-0.2, -0.15) is 12.7 Å². The van der Waals surface area contributed by atoms with Crippen molar-refractivity contribution in [1.29, 1.82) is 0 Å². The standard InChI is InChI=1S/C13H22N2O2S/c1-11(2)13-7-5-12(6-8-13)9-10-14-18(16,17)15(3)4/h5-8,11,14H,9-10H2,1-4H3. The van der Waals surface area contributed by atoms with Crippen LogP contribution in [0.2, 0.25) is 0 Å². The molecule has 1 rings (SSSR count). The molecule has 1 aromatic carbocycles. The summed E-state index contributed by atoms with van der Waals surface area (Å²) in [5, 5.41) is 0. The van der Waals surface area contributed by atoms with Crippen molar-refractivity contribution in [1.82, 2.24) is 9.03 Å². The zero-order chi connectivity index (χ0) is 13.8. The molecule has 0 spiro atoms. The van der Waals surface area contributed by atoms with E-state index in [-0.39, 0.29) is 0 Å². The molecule has 4 nitrogen and oxygen atoms in total. The normalized spacial score (nSPS) is 12.3. The predicted molar refractivity (Wildman–Crippen MR) is 74.8 cm³/mol. The van der Waals surface area contributed by atoms with Crippen LogP contribution in [0.4, 0.5) is 0 Å². The van der Waals surface area contributed by atoms with Crippen molar-refractivity contribution in [2.24, 2.45) is 0 Å². The Morgan fingerprint density at radius 1 is 1.17 bits per heavy atom. The minimum atomic E-state index is -3.31. The lowest BCUT2D eigenvalue weighted by Gasteiger charge is -2.12. The molecule has 0 aliphatic heterocycles. The van der Waals surface area contributed by atoms with Gasteiger partial charge in [0, 0.05) is 20.6 Å². The first-order chi connectivity index (χ1) is 8.33. The highest BCUT2D eigenvalue weighted by Gasteiger charge is 2.11. The summed E-state index contributed by atoms with van der Waals surface area (Å²) in [4.78, 5) is 0. The second kappa shape index (κ2) is 6.31. The molecule has 0 amide bonds. The fraction of sp³-hybridized carbons (Fsp3) is 0.538. The third-order valence-electron chi connectivity index (χ3n) is 2.83. The topological polar surface area (TPSA) is 49.4 Å². The van der Waals surface area contributed by atoms with E-state index in [1.807, 2.05) is 0 Å². The molecule has 102 valence electrons. The van der Waals surface area contributed by atoms with E-state index < -0.39 is 10.2 Å². The summed E-state index contributed by atoms with van der Waals surface area (Å²) in [7, 11) is -0.279. The number of benzene rings is 1. The summed E-state index contributed by atoms with van der Waals surface area (Å²) in [6.07, 6.45) is 0.700. The van der Waals surface area contributed by atoms with Gasteiger partial charge in [0.05, 0.1) is 0 Å².